The van der Waals surface area contributed by atoms with Crippen molar-refractivity contribution in [3.05, 3.63) is 35.4 Å². The van der Waals surface area contributed by atoms with Gasteiger partial charge >= 0.3 is 0 Å². The second-order valence-electron chi connectivity index (χ2n) is 3.96. The van der Waals surface area contributed by atoms with Crippen molar-refractivity contribution < 1.29 is 0 Å². The van der Waals surface area contributed by atoms with Crippen molar-refractivity contribution in [2.75, 3.05) is 13.1 Å². The number of nitrogens with one attached hydrogen (secondary N) is 1. The minimum Gasteiger partial charge on any atom is -0.316 e. The van der Waals surface area contributed by atoms with Crippen LogP contribution in [0.4, 0.5) is 0 Å². The quantitative estimate of drug-likeness (QED) is 0.754. The molecule has 0 saturated carbocycles. The lowest BCUT2D eigenvalue weighted by Crippen LogP contribution is -2.28. The smallest absolute Gasteiger partial charge is 0.00201 e. The van der Waals surface area contributed by atoms with Gasteiger partial charge in [0.05, 0.1) is 0 Å². The number of rotatable bonds is 1. The Morgan fingerprint density at radius 1 is 1.36 bits per heavy atom. The Balaban J connectivity index is 0.000000980. The maximum absolute atomic E-state index is 3.45. The van der Waals surface area contributed by atoms with E-state index < -0.39 is 0 Å². The molecule has 0 amide bonds. The molecule has 1 aliphatic rings. The van der Waals surface area contributed by atoms with Crippen LogP contribution in [-0.4, -0.2) is 13.1 Å². The molecular weight excluding hydrogens is 194 g/mol. The summed E-state index contributed by atoms with van der Waals surface area (Å²) >= 11 is 0. The van der Waals surface area contributed by atoms with E-state index in [-0.39, 0.29) is 12.4 Å². The topological polar surface area (TPSA) is 12.0 Å². The van der Waals surface area contributed by atoms with E-state index in [0.717, 1.165) is 12.5 Å². The molecule has 14 heavy (non-hydrogen) atoms. The van der Waals surface area contributed by atoms with Gasteiger partial charge in [0.15, 0.2) is 0 Å². The molecule has 2 rings (SSSR count). The zero-order valence-corrected chi connectivity index (χ0v) is 9.44. The van der Waals surface area contributed by atoms with Gasteiger partial charge < -0.3 is 5.32 Å². The Hall–Kier alpha value is -0.530. The second-order valence-corrected chi connectivity index (χ2v) is 3.96. The van der Waals surface area contributed by atoms with Crippen LogP contribution in [0, 0.1) is 6.92 Å². The van der Waals surface area contributed by atoms with Crippen molar-refractivity contribution in [3.8, 4) is 0 Å². The first kappa shape index (κ1) is 11.5. The standard InChI is InChI=1S/C12H17N.ClH/c1-10-4-2-5-11(8-10)12-6-3-7-13-9-12;/h2,4-5,8,12-13H,3,6-7,9H2,1H3;1H. The van der Waals surface area contributed by atoms with E-state index in [1.165, 1.54) is 30.5 Å². The number of hydrogen-bond donors (Lipinski definition) is 1. The second kappa shape index (κ2) is 5.38. The summed E-state index contributed by atoms with van der Waals surface area (Å²) in [5, 5.41) is 3.45. The Morgan fingerprint density at radius 2 is 2.21 bits per heavy atom. The molecule has 2 heteroatoms. The predicted molar refractivity (Wildman–Crippen MR) is 63.3 cm³/mol. The highest BCUT2D eigenvalue weighted by Gasteiger charge is 2.14. The van der Waals surface area contributed by atoms with Gasteiger partial charge in [-0.05, 0) is 37.8 Å². The molecule has 1 atom stereocenters. The van der Waals surface area contributed by atoms with Crippen molar-refractivity contribution >= 4 is 12.4 Å². The Morgan fingerprint density at radius 3 is 2.86 bits per heavy atom. The van der Waals surface area contributed by atoms with E-state index in [9.17, 15) is 0 Å². The van der Waals surface area contributed by atoms with Crippen molar-refractivity contribution in [1.29, 1.82) is 0 Å². The van der Waals surface area contributed by atoms with E-state index >= 15 is 0 Å². The van der Waals surface area contributed by atoms with E-state index in [0.29, 0.717) is 0 Å². The van der Waals surface area contributed by atoms with Crippen LogP contribution < -0.4 is 5.32 Å². The third-order valence-electron chi connectivity index (χ3n) is 2.81. The summed E-state index contributed by atoms with van der Waals surface area (Å²) in [6.45, 7) is 4.52. The van der Waals surface area contributed by atoms with Gasteiger partial charge in [-0.1, -0.05) is 29.8 Å². The molecule has 0 bridgehead atoms. The van der Waals surface area contributed by atoms with E-state index in [4.69, 9.17) is 0 Å². The molecule has 1 nitrogen and oxygen atoms in total. The van der Waals surface area contributed by atoms with Gasteiger partial charge in [0.25, 0.3) is 0 Å². The summed E-state index contributed by atoms with van der Waals surface area (Å²) in [6, 6.07) is 8.90. The molecule has 1 heterocycles. The summed E-state index contributed by atoms with van der Waals surface area (Å²) in [5.74, 6) is 0.744. The summed E-state index contributed by atoms with van der Waals surface area (Å²) in [7, 11) is 0. The van der Waals surface area contributed by atoms with Crippen molar-refractivity contribution in [3.63, 3.8) is 0 Å². The summed E-state index contributed by atoms with van der Waals surface area (Å²) in [4.78, 5) is 0. The van der Waals surface area contributed by atoms with Gasteiger partial charge in [-0.15, -0.1) is 12.4 Å². The number of hydrogen-bond acceptors (Lipinski definition) is 1. The monoisotopic (exact) mass is 211 g/mol. The third kappa shape index (κ3) is 2.73. The third-order valence-corrected chi connectivity index (χ3v) is 2.81. The summed E-state index contributed by atoms with van der Waals surface area (Å²) in [5.41, 5.74) is 2.88. The molecule has 1 aliphatic heterocycles. The van der Waals surface area contributed by atoms with Gasteiger partial charge in [0.1, 0.15) is 0 Å². The summed E-state index contributed by atoms with van der Waals surface area (Å²) < 4.78 is 0. The number of piperidine rings is 1. The molecule has 1 aromatic rings. The number of halogens is 1. The zero-order valence-electron chi connectivity index (χ0n) is 8.62. The Labute approximate surface area is 92.3 Å². The fraction of sp³-hybridized carbons (Fsp3) is 0.500. The van der Waals surface area contributed by atoms with E-state index in [2.05, 4.69) is 36.5 Å². The minimum atomic E-state index is 0. The molecule has 0 aromatic heterocycles. The molecule has 0 spiro atoms. The molecule has 1 saturated heterocycles. The lowest BCUT2D eigenvalue weighted by molar-refractivity contribution is 0.461. The number of benzene rings is 1. The fourth-order valence-corrected chi connectivity index (χ4v) is 2.06. The molecule has 78 valence electrons. The minimum absolute atomic E-state index is 0. The average Bonchev–Trinajstić information content (AvgIpc) is 2.19. The summed E-state index contributed by atoms with van der Waals surface area (Å²) in [6.07, 6.45) is 2.66. The van der Waals surface area contributed by atoms with Crippen molar-refractivity contribution in [1.82, 2.24) is 5.32 Å². The van der Waals surface area contributed by atoms with Gasteiger partial charge in [-0.25, -0.2) is 0 Å². The molecule has 0 aliphatic carbocycles. The number of aryl methyl sites for hydroxylation is 1. The van der Waals surface area contributed by atoms with Crippen LogP contribution in [0.25, 0.3) is 0 Å². The lowest BCUT2D eigenvalue weighted by Gasteiger charge is -2.23. The predicted octanol–water partition coefficient (Wildman–Crippen LogP) is 2.88. The first-order chi connectivity index (χ1) is 6.36. The normalized spacial score (nSPS) is 21.4. The van der Waals surface area contributed by atoms with Crippen LogP contribution in [0.5, 0.6) is 0 Å². The van der Waals surface area contributed by atoms with Gasteiger partial charge in [0.2, 0.25) is 0 Å². The highest BCUT2D eigenvalue weighted by atomic mass is 35.5. The SMILES string of the molecule is Cc1cccc(C2CCCNC2)c1.Cl. The fourth-order valence-electron chi connectivity index (χ4n) is 2.06. The van der Waals surface area contributed by atoms with Crippen LogP contribution in [0.2, 0.25) is 0 Å². The van der Waals surface area contributed by atoms with Crippen LogP contribution in [0.15, 0.2) is 24.3 Å². The maximum atomic E-state index is 3.45. The molecular formula is C12H18ClN. The molecule has 0 radical (unpaired) electrons. The zero-order chi connectivity index (χ0) is 9.10. The van der Waals surface area contributed by atoms with Crippen LogP contribution in [0.1, 0.15) is 29.9 Å². The van der Waals surface area contributed by atoms with Crippen LogP contribution in [0.3, 0.4) is 0 Å². The van der Waals surface area contributed by atoms with Crippen molar-refractivity contribution in [2.45, 2.75) is 25.7 Å². The van der Waals surface area contributed by atoms with Gasteiger partial charge in [0, 0.05) is 6.54 Å². The highest BCUT2D eigenvalue weighted by molar-refractivity contribution is 5.85. The maximum Gasteiger partial charge on any atom is 0.00201 e. The Kier molecular flexibility index (Phi) is 4.43. The largest absolute Gasteiger partial charge is 0.316 e. The van der Waals surface area contributed by atoms with Gasteiger partial charge in [-0.3, -0.25) is 0 Å². The highest BCUT2D eigenvalue weighted by Crippen LogP contribution is 2.23. The Bertz CT molecular complexity index is 279. The first-order valence-corrected chi connectivity index (χ1v) is 5.13. The lowest BCUT2D eigenvalue weighted by atomic mass is 9.91. The van der Waals surface area contributed by atoms with E-state index in [1.807, 2.05) is 0 Å². The van der Waals surface area contributed by atoms with Gasteiger partial charge in [-0.2, -0.15) is 0 Å². The van der Waals surface area contributed by atoms with Crippen LogP contribution in [-0.2, 0) is 0 Å². The molecule has 1 aromatic carbocycles. The first-order valence-electron chi connectivity index (χ1n) is 5.13. The molecule has 1 fully saturated rings. The van der Waals surface area contributed by atoms with E-state index in [1.54, 1.807) is 0 Å². The molecule has 1 unspecified atom stereocenters. The van der Waals surface area contributed by atoms with Crippen LogP contribution >= 0.6 is 12.4 Å². The average molecular weight is 212 g/mol. The van der Waals surface area contributed by atoms with Crippen molar-refractivity contribution in [2.24, 2.45) is 0 Å². The molecule has 1 N–H and O–H groups in total.